The van der Waals surface area contributed by atoms with E-state index in [2.05, 4.69) is 4.98 Å². The molecule has 1 rings (SSSR count). The maximum absolute atomic E-state index is 4.88. The summed E-state index contributed by atoms with van der Waals surface area (Å²) in [6, 6.07) is 0. The number of rotatable bonds is 3. The minimum absolute atomic E-state index is 0. The molecule has 1 heterocycles. The number of nitrogens with zero attached hydrogens (tertiary/aromatic N) is 1. The maximum atomic E-state index is 4.88. The fourth-order valence-electron chi connectivity index (χ4n) is 0.656. The smallest absolute Gasteiger partial charge is 0.241 e. The largest absolute Gasteiger partial charge is 1.00 e. The molecule has 0 aliphatic heterocycles. The van der Waals surface area contributed by atoms with Crippen LogP contribution in [0.2, 0.25) is 0 Å². The second-order valence-electron chi connectivity index (χ2n) is 1.84. The average molecular weight is 207 g/mol. The molecule has 4 heteroatoms. The number of aromatic nitrogens is 2. The van der Waals surface area contributed by atoms with Gasteiger partial charge in [0.15, 0.2) is 0 Å². The summed E-state index contributed by atoms with van der Waals surface area (Å²) in [5.74, 6) is 0. The van der Waals surface area contributed by atoms with Gasteiger partial charge >= 0.3 is 0 Å². The van der Waals surface area contributed by atoms with Crippen molar-refractivity contribution in [2.24, 2.45) is 0 Å². The molecule has 1 aromatic rings. The van der Waals surface area contributed by atoms with Gasteiger partial charge in [0.25, 0.3) is 0 Å². The Hall–Kier alpha value is -0.350. The molecule has 3 nitrogen and oxygen atoms in total. The zero-order valence-corrected chi connectivity index (χ0v) is 7.47. The molecule has 0 radical (unpaired) electrons. The normalized spacial score (nSPS) is 8.90. The summed E-state index contributed by atoms with van der Waals surface area (Å²) in [7, 11) is 1.70. The summed E-state index contributed by atoms with van der Waals surface area (Å²) in [6.07, 6.45) is 5.76. The van der Waals surface area contributed by atoms with E-state index in [0.29, 0.717) is 0 Å². The number of hydrogen-bond donors (Lipinski definition) is 1. The molecule has 0 unspecified atom stereocenters. The van der Waals surface area contributed by atoms with Gasteiger partial charge in [-0.2, -0.15) is 0 Å². The summed E-state index contributed by atoms with van der Waals surface area (Å²) in [6.45, 7) is 1.68. The van der Waals surface area contributed by atoms with Crippen LogP contribution in [0.5, 0.6) is 0 Å². The first-order valence-electron chi connectivity index (χ1n) is 2.94. The number of H-pyrrole nitrogens is 1. The summed E-state index contributed by atoms with van der Waals surface area (Å²) < 4.78 is 6.91. The Labute approximate surface area is 70.8 Å². The van der Waals surface area contributed by atoms with Crippen LogP contribution in [-0.4, -0.2) is 18.7 Å². The van der Waals surface area contributed by atoms with Crippen LogP contribution in [0.4, 0.5) is 0 Å². The van der Waals surface area contributed by atoms with E-state index in [4.69, 9.17) is 4.74 Å². The van der Waals surface area contributed by atoms with Crippen LogP contribution >= 0.6 is 0 Å². The van der Waals surface area contributed by atoms with E-state index in [0.717, 1.165) is 13.2 Å². The van der Waals surface area contributed by atoms with Crippen molar-refractivity contribution < 1.29 is 26.3 Å². The van der Waals surface area contributed by atoms with Crippen LogP contribution in [-0.2, 0) is 11.3 Å². The number of nitrogens with one attached hydrogen (secondary N) is 1. The molecule has 0 aliphatic carbocycles. The van der Waals surface area contributed by atoms with Gasteiger partial charge in [-0.15, -0.1) is 0 Å². The highest BCUT2D eigenvalue weighted by atomic mass is 79.9. The molecule has 0 saturated carbocycles. The molecule has 0 bridgehead atoms. The van der Waals surface area contributed by atoms with Crippen molar-refractivity contribution in [3.05, 3.63) is 18.7 Å². The van der Waals surface area contributed by atoms with E-state index >= 15 is 0 Å². The molecular weight excluding hydrogens is 196 g/mol. The number of ether oxygens (including phenoxy) is 1. The molecule has 0 aliphatic rings. The number of halogens is 1. The molecule has 0 amide bonds. The van der Waals surface area contributed by atoms with Crippen molar-refractivity contribution in [2.75, 3.05) is 13.7 Å². The van der Waals surface area contributed by atoms with Gasteiger partial charge in [0.1, 0.15) is 18.9 Å². The van der Waals surface area contributed by atoms with Gasteiger partial charge in [-0.25, -0.2) is 4.57 Å². The van der Waals surface area contributed by atoms with Gasteiger partial charge in [0.05, 0.1) is 6.61 Å². The highest BCUT2D eigenvalue weighted by molar-refractivity contribution is 4.55. The van der Waals surface area contributed by atoms with Crippen LogP contribution < -0.4 is 21.5 Å². The predicted molar refractivity (Wildman–Crippen MR) is 32.9 cm³/mol. The fourth-order valence-corrected chi connectivity index (χ4v) is 0.656. The zero-order chi connectivity index (χ0) is 6.53. The van der Waals surface area contributed by atoms with E-state index in [1.807, 2.05) is 23.3 Å². The molecule has 10 heavy (non-hydrogen) atoms. The Balaban J connectivity index is 0.000000810. The molecule has 0 aromatic carbocycles. The summed E-state index contributed by atoms with van der Waals surface area (Å²) >= 11 is 0. The second kappa shape index (κ2) is 5.44. The summed E-state index contributed by atoms with van der Waals surface area (Å²) in [5, 5.41) is 0. The Morgan fingerprint density at radius 1 is 1.60 bits per heavy atom. The molecular formula is C6H11BrN2O. The zero-order valence-electron chi connectivity index (χ0n) is 5.88. The molecule has 0 saturated heterocycles. The Kier molecular flexibility index (Phi) is 5.25. The Morgan fingerprint density at radius 3 is 2.90 bits per heavy atom. The topological polar surface area (TPSA) is 28.9 Å². The van der Waals surface area contributed by atoms with E-state index in [1.165, 1.54) is 0 Å². The van der Waals surface area contributed by atoms with Gasteiger partial charge < -0.3 is 21.7 Å². The molecule has 1 aromatic heterocycles. The van der Waals surface area contributed by atoms with E-state index in [9.17, 15) is 0 Å². The van der Waals surface area contributed by atoms with Gasteiger partial charge in [0.2, 0.25) is 6.33 Å². The number of aromatic amines is 1. The van der Waals surface area contributed by atoms with Crippen LogP contribution in [0.1, 0.15) is 0 Å². The van der Waals surface area contributed by atoms with Gasteiger partial charge in [-0.3, -0.25) is 4.98 Å². The summed E-state index contributed by atoms with van der Waals surface area (Å²) in [4.78, 5) is 2.95. The molecule has 0 spiro atoms. The van der Waals surface area contributed by atoms with Gasteiger partial charge in [-0.05, 0) is 0 Å². The Morgan fingerprint density at radius 2 is 2.40 bits per heavy atom. The first kappa shape index (κ1) is 9.65. The number of imidazole rings is 1. The molecule has 0 fully saturated rings. The highest BCUT2D eigenvalue weighted by Gasteiger charge is 1.92. The quantitative estimate of drug-likeness (QED) is 0.524. The lowest BCUT2D eigenvalue weighted by molar-refractivity contribution is -0.697. The minimum atomic E-state index is 0. The van der Waals surface area contributed by atoms with E-state index < -0.39 is 0 Å². The van der Waals surface area contributed by atoms with Crippen molar-refractivity contribution in [3.63, 3.8) is 0 Å². The monoisotopic (exact) mass is 206 g/mol. The number of hydrogen-bond acceptors (Lipinski definition) is 1. The van der Waals surface area contributed by atoms with Crippen molar-refractivity contribution in [3.8, 4) is 0 Å². The third kappa shape index (κ3) is 2.98. The van der Waals surface area contributed by atoms with Crippen LogP contribution in [0.3, 0.4) is 0 Å². The van der Waals surface area contributed by atoms with Crippen LogP contribution in [0.15, 0.2) is 18.7 Å². The second-order valence-corrected chi connectivity index (χ2v) is 1.84. The number of methoxy groups -OCH3 is 1. The van der Waals surface area contributed by atoms with Crippen LogP contribution in [0, 0.1) is 0 Å². The predicted octanol–water partition coefficient (Wildman–Crippen LogP) is -3.05. The highest BCUT2D eigenvalue weighted by Crippen LogP contribution is 1.70. The van der Waals surface area contributed by atoms with Gasteiger partial charge in [-0.1, -0.05) is 0 Å². The van der Waals surface area contributed by atoms with Crippen LogP contribution in [0.25, 0.3) is 0 Å². The standard InChI is InChI=1S/C6H10N2O.BrH/c1-9-5-4-8-3-2-7-6-8;/h2-3,6H,4-5H2,1H3;1H. The lowest BCUT2D eigenvalue weighted by atomic mass is 10.7. The van der Waals surface area contributed by atoms with E-state index in [1.54, 1.807) is 7.11 Å². The van der Waals surface area contributed by atoms with Crippen molar-refractivity contribution in [1.82, 2.24) is 4.98 Å². The van der Waals surface area contributed by atoms with Crippen molar-refractivity contribution in [1.29, 1.82) is 0 Å². The van der Waals surface area contributed by atoms with E-state index in [-0.39, 0.29) is 17.0 Å². The fraction of sp³-hybridized carbons (Fsp3) is 0.500. The SMILES string of the molecule is COCC[n+]1cc[nH]c1.[Br-]. The average Bonchev–Trinajstić information content (AvgIpc) is 2.34. The van der Waals surface area contributed by atoms with Gasteiger partial charge in [0, 0.05) is 7.11 Å². The van der Waals surface area contributed by atoms with Crippen molar-refractivity contribution in [2.45, 2.75) is 6.54 Å². The first-order chi connectivity index (χ1) is 4.43. The maximum Gasteiger partial charge on any atom is 0.241 e. The lowest BCUT2D eigenvalue weighted by Crippen LogP contribution is -3.00. The first-order valence-corrected chi connectivity index (χ1v) is 2.94. The molecule has 1 N–H and O–H groups in total. The third-order valence-corrected chi connectivity index (χ3v) is 1.16. The molecule has 58 valence electrons. The lowest BCUT2D eigenvalue weighted by Gasteiger charge is -1.91. The summed E-state index contributed by atoms with van der Waals surface area (Å²) in [5.41, 5.74) is 0. The minimum Gasteiger partial charge on any atom is -1.00 e. The molecule has 0 atom stereocenters. The third-order valence-electron chi connectivity index (χ3n) is 1.16. The Bertz CT molecular complexity index is 153. The van der Waals surface area contributed by atoms with Crippen molar-refractivity contribution >= 4 is 0 Å².